The molecule has 0 saturated carbocycles. The number of ketones is 1. The van der Waals surface area contributed by atoms with E-state index in [4.69, 9.17) is 0 Å². The van der Waals surface area contributed by atoms with Gasteiger partial charge in [-0.15, -0.1) is 0 Å². The van der Waals surface area contributed by atoms with Gasteiger partial charge in [-0.25, -0.2) is 0 Å². The van der Waals surface area contributed by atoms with Crippen LogP contribution < -0.4 is 0 Å². The number of hydrogen-bond acceptors (Lipinski definition) is 2. The van der Waals surface area contributed by atoms with Crippen molar-refractivity contribution in [3.8, 4) is 0 Å². The van der Waals surface area contributed by atoms with Gasteiger partial charge in [-0.05, 0) is 40.4 Å². The lowest BCUT2D eigenvalue weighted by atomic mass is 10.1. The van der Waals surface area contributed by atoms with Crippen molar-refractivity contribution in [2.24, 2.45) is 0 Å². The standard InChI is InChI=1S/C10H10BrNO/c11-8-4-7-2-1-3-9(13)5-10(7)12-6-8/h4,6H,1-3,5H2. The number of nitrogens with zero attached hydrogens (tertiary/aromatic N) is 1. The molecule has 2 nitrogen and oxygen atoms in total. The third-order valence-electron chi connectivity index (χ3n) is 2.29. The highest BCUT2D eigenvalue weighted by Gasteiger charge is 2.14. The fraction of sp³-hybridized carbons (Fsp3) is 0.400. The second-order valence-electron chi connectivity index (χ2n) is 3.33. The number of rotatable bonds is 0. The summed E-state index contributed by atoms with van der Waals surface area (Å²) >= 11 is 3.38. The van der Waals surface area contributed by atoms with Gasteiger partial charge in [0.15, 0.2) is 0 Å². The van der Waals surface area contributed by atoms with Gasteiger partial charge < -0.3 is 0 Å². The number of aryl methyl sites for hydroxylation is 1. The Labute approximate surface area is 85.5 Å². The fourth-order valence-corrected chi connectivity index (χ4v) is 2.02. The SMILES string of the molecule is O=C1CCCc2cc(Br)cnc2C1. The van der Waals surface area contributed by atoms with Crippen LogP contribution in [-0.2, 0) is 17.6 Å². The molecule has 68 valence electrons. The van der Waals surface area contributed by atoms with Crippen molar-refractivity contribution in [1.82, 2.24) is 4.98 Å². The summed E-state index contributed by atoms with van der Waals surface area (Å²) in [5.74, 6) is 0.313. The zero-order chi connectivity index (χ0) is 9.26. The molecule has 0 radical (unpaired) electrons. The van der Waals surface area contributed by atoms with E-state index in [-0.39, 0.29) is 0 Å². The lowest BCUT2D eigenvalue weighted by molar-refractivity contribution is -0.118. The van der Waals surface area contributed by atoms with E-state index >= 15 is 0 Å². The molecule has 0 bridgehead atoms. The first-order chi connectivity index (χ1) is 6.25. The minimum absolute atomic E-state index is 0.313. The minimum Gasteiger partial charge on any atom is -0.299 e. The van der Waals surface area contributed by atoms with Crippen molar-refractivity contribution in [3.63, 3.8) is 0 Å². The highest BCUT2D eigenvalue weighted by atomic mass is 79.9. The highest BCUT2D eigenvalue weighted by molar-refractivity contribution is 9.10. The van der Waals surface area contributed by atoms with Gasteiger partial charge in [0.25, 0.3) is 0 Å². The molecule has 1 aromatic heterocycles. The van der Waals surface area contributed by atoms with Gasteiger partial charge in [0.05, 0.1) is 5.69 Å². The lowest BCUT2D eigenvalue weighted by Crippen LogP contribution is -2.02. The first kappa shape index (κ1) is 8.88. The molecule has 13 heavy (non-hydrogen) atoms. The van der Waals surface area contributed by atoms with Crippen LogP contribution in [0.25, 0.3) is 0 Å². The Morgan fingerprint density at radius 1 is 1.38 bits per heavy atom. The average molecular weight is 240 g/mol. The topological polar surface area (TPSA) is 30.0 Å². The van der Waals surface area contributed by atoms with Crippen molar-refractivity contribution < 1.29 is 4.79 Å². The number of aromatic nitrogens is 1. The van der Waals surface area contributed by atoms with E-state index in [1.807, 2.05) is 0 Å². The second kappa shape index (κ2) is 3.58. The average Bonchev–Trinajstić information content (AvgIpc) is 2.25. The molecule has 0 aromatic carbocycles. The summed E-state index contributed by atoms with van der Waals surface area (Å²) in [7, 11) is 0. The highest BCUT2D eigenvalue weighted by Crippen LogP contribution is 2.20. The van der Waals surface area contributed by atoms with Crippen molar-refractivity contribution in [2.45, 2.75) is 25.7 Å². The quantitative estimate of drug-likeness (QED) is 0.651. The van der Waals surface area contributed by atoms with Crippen LogP contribution in [0.15, 0.2) is 16.7 Å². The maximum Gasteiger partial charge on any atom is 0.138 e. The maximum atomic E-state index is 11.3. The van der Waals surface area contributed by atoms with Crippen LogP contribution in [0, 0.1) is 0 Å². The summed E-state index contributed by atoms with van der Waals surface area (Å²) in [5, 5.41) is 0. The lowest BCUT2D eigenvalue weighted by Gasteiger charge is -2.02. The molecule has 0 aliphatic heterocycles. The third kappa shape index (κ3) is 1.97. The molecule has 0 atom stereocenters. The van der Waals surface area contributed by atoms with Crippen LogP contribution in [0.4, 0.5) is 0 Å². The fourth-order valence-electron chi connectivity index (χ4n) is 1.64. The van der Waals surface area contributed by atoms with Crippen LogP contribution in [0.1, 0.15) is 24.1 Å². The summed E-state index contributed by atoms with van der Waals surface area (Å²) in [6.45, 7) is 0. The zero-order valence-corrected chi connectivity index (χ0v) is 8.80. The number of Topliss-reactive ketones (excluding diaryl/α,β-unsaturated/α-hetero) is 1. The normalized spacial score (nSPS) is 16.5. The van der Waals surface area contributed by atoms with Crippen LogP contribution in [0.2, 0.25) is 0 Å². The Morgan fingerprint density at radius 2 is 2.23 bits per heavy atom. The molecule has 0 amide bonds. The van der Waals surface area contributed by atoms with Crippen molar-refractivity contribution in [1.29, 1.82) is 0 Å². The second-order valence-corrected chi connectivity index (χ2v) is 4.24. The first-order valence-corrected chi connectivity index (χ1v) is 5.20. The van der Waals surface area contributed by atoms with E-state index in [2.05, 4.69) is 27.0 Å². The Kier molecular flexibility index (Phi) is 2.44. The zero-order valence-electron chi connectivity index (χ0n) is 7.22. The van der Waals surface area contributed by atoms with Crippen molar-refractivity contribution >= 4 is 21.7 Å². The van der Waals surface area contributed by atoms with E-state index in [1.54, 1.807) is 6.20 Å². The monoisotopic (exact) mass is 239 g/mol. The van der Waals surface area contributed by atoms with Crippen molar-refractivity contribution in [3.05, 3.63) is 28.0 Å². The minimum atomic E-state index is 0.313. The largest absolute Gasteiger partial charge is 0.299 e. The van der Waals surface area contributed by atoms with E-state index in [1.165, 1.54) is 5.56 Å². The van der Waals surface area contributed by atoms with Gasteiger partial charge in [-0.3, -0.25) is 9.78 Å². The van der Waals surface area contributed by atoms with E-state index < -0.39 is 0 Å². The van der Waals surface area contributed by atoms with Gasteiger partial charge in [-0.1, -0.05) is 0 Å². The summed E-state index contributed by atoms with van der Waals surface area (Å²) < 4.78 is 1.00. The summed E-state index contributed by atoms with van der Waals surface area (Å²) in [6.07, 6.45) is 4.92. The van der Waals surface area contributed by atoms with Crippen LogP contribution in [0.5, 0.6) is 0 Å². The number of carbonyl (C=O) groups is 1. The molecule has 1 aromatic rings. The Hall–Kier alpha value is -0.700. The van der Waals surface area contributed by atoms with Crippen LogP contribution in [-0.4, -0.2) is 10.8 Å². The molecule has 1 aliphatic carbocycles. The number of halogens is 1. The first-order valence-electron chi connectivity index (χ1n) is 4.41. The van der Waals surface area contributed by atoms with E-state index in [9.17, 15) is 4.79 Å². The molecule has 0 spiro atoms. The smallest absolute Gasteiger partial charge is 0.138 e. The van der Waals surface area contributed by atoms with E-state index in [0.29, 0.717) is 18.6 Å². The molecule has 2 rings (SSSR count). The number of carbonyl (C=O) groups excluding carboxylic acids is 1. The number of hydrogen-bond donors (Lipinski definition) is 0. The predicted molar refractivity (Wildman–Crippen MR) is 53.6 cm³/mol. The van der Waals surface area contributed by atoms with Gasteiger partial charge in [0, 0.05) is 23.5 Å². The van der Waals surface area contributed by atoms with Crippen molar-refractivity contribution in [2.75, 3.05) is 0 Å². The molecule has 0 N–H and O–H groups in total. The molecule has 3 heteroatoms. The van der Waals surface area contributed by atoms with Gasteiger partial charge in [0.2, 0.25) is 0 Å². The van der Waals surface area contributed by atoms with Crippen LogP contribution in [0.3, 0.4) is 0 Å². The predicted octanol–water partition coefficient (Wildman–Crippen LogP) is 2.29. The molecule has 1 heterocycles. The Bertz CT molecular complexity index is 349. The van der Waals surface area contributed by atoms with E-state index in [0.717, 1.165) is 23.0 Å². The molecule has 0 unspecified atom stereocenters. The number of pyridine rings is 1. The van der Waals surface area contributed by atoms with Gasteiger partial charge in [-0.2, -0.15) is 0 Å². The molecule has 0 saturated heterocycles. The Balaban J connectivity index is 2.40. The summed E-state index contributed by atoms with van der Waals surface area (Å²) in [5.41, 5.74) is 2.19. The summed E-state index contributed by atoms with van der Waals surface area (Å²) in [4.78, 5) is 15.5. The Morgan fingerprint density at radius 3 is 3.08 bits per heavy atom. The van der Waals surface area contributed by atoms with Gasteiger partial charge >= 0.3 is 0 Å². The van der Waals surface area contributed by atoms with Crippen LogP contribution >= 0.6 is 15.9 Å². The molecular weight excluding hydrogens is 230 g/mol. The number of fused-ring (bicyclic) bond motifs is 1. The third-order valence-corrected chi connectivity index (χ3v) is 2.73. The van der Waals surface area contributed by atoms with Gasteiger partial charge in [0.1, 0.15) is 5.78 Å². The molecule has 1 aliphatic rings. The summed E-state index contributed by atoms with van der Waals surface area (Å²) in [6, 6.07) is 2.07. The molecular formula is C10H10BrNO. The maximum absolute atomic E-state index is 11.3. The molecule has 0 fully saturated rings.